The van der Waals surface area contributed by atoms with Crippen LogP contribution in [0.15, 0.2) is 54.6 Å². The van der Waals surface area contributed by atoms with Crippen molar-refractivity contribution in [1.82, 2.24) is 9.80 Å². The van der Waals surface area contributed by atoms with Crippen LogP contribution in [0, 0.1) is 0 Å². The number of likely N-dealkylation sites (N-methyl/N-ethyl adjacent to an activating group) is 2. The van der Waals surface area contributed by atoms with Gasteiger partial charge < -0.3 is 10.2 Å². The number of nitrogens with zero attached hydrogens (tertiary/aromatic N) is 2. The van der Waals surface area contributed by atoms with E-state index in [-0.39, 0.29) is 18.1 Å². The lowest BCUT2D eigenvalue weighted by atomic mass is 10.1. The summed E-state index contributed by atoms with van der Waals surface area (Å²) in [5.74, 6) is -0.785. The molecule has 0 saturated heterocycles. The highest BCUT2D eigenvalue weighted by atomic mass is 19.4. The van der Waals surface area contributed by atoms with Crippen molar-refractivity contribution in [3.8, 4) is 0 Å². The zero-order valence-electron chi connectivity index (χ0n) is 17.2. The first-order valence-electron chi connectivity index (χ1n) is 9.62. The zero-order chi connectivity index (χ0) is 22.3. The van der Waals surface area contributed by atoms with Crippen LogP contribution in [-0.4, -0.2) is 47.8 Å². The predicted molar refractivity (Wildman–Crippen MR) is 110 cm³/mol. The lowest BCUT2D eigenvalue weighted by Gasteiger charge is -2.29. The Kier molecular flexibility index (Phi) is 8.00. The standard InChI is InChI=1S/C22H26F3N3O2/c1-4-28(14-17-10-6-5-7-11-17)21(30)16(2)27(3)15-20(29)26-19-13-9-8-12-18(19)22(23,24)25/h5-13,16H,4,14-15H2,1-3H3,(H,26,29)/t16-/m1/s1. The first-order chi connectivity index (χ1) is 14.1. The van der Waals surface area contributed by atoms with Gasteiger partial charge in [-0.05, 0) is 38.6 Å². The van der Waals surface area contributed by atoms with Crippen molar-refractivity contribution in [2.75, 3.05) is 25.5 Å². The van der Waals surface area contributed by atoms with Gasteiger partial charge in [-0.2, -0.15) is 13.2 Å². The Labute approximate surface area is 174 Å². The minimum atomic E-state index is -4.57. The Bertz CT molecular complexity index is 856. The molecule has 1 atom stereocenters. The van der Waals surface area contributed by atoms with Crippen LogP contribution in [0.3, 0.4) is 0 Å². The lowest BCUT2D eigenvalue weighted by Crippen LogP contribution is -2.47. The maximum Gasteiger partial charge on any atom is 0.418 e. The quantitative estimate of drug-likeness (QED) is 0.701. The number of amides is 2. The van der Waals surface area contributed by atoms with Crippen LogP contribution in [0.25, 0.3) is 0 Å². The minimum Gasteiger partial charge on any atom is -0.337 e. The fourth-order valence-electron chi connectivity index (χ4n) is 2.99. The van der Waals surface area contributed by atoms with E-state index >= 15 is 0 Å². The van der Waals surface area contributed by atoms with E-state index in [9.17, 15) is 22.8 Å². The predicted octanol–water partition coefficient (Wildman–Crippen LogP) is 4.01. The van der Waals surface area contributed by atoms with E-state index in [1.165, 1.54) is 23.1 Å². The molecule has 0 fully saturated rings. The summed E-state index contributed by atoms with van der Waals surface area (Å²) in [5.41, 5.74) is -0.226. The molecule has 0 spiro atoms. The second-order valence-electron chi connectivity index (χ2n) is 7.02. The van der Waals surface area contributed by atoms with Gasteiger partial charge in [0.2, 0.25) is 11.8 Å². The molecule has 2 aromatic rings. The molecule has 2 aromatic carbocycles. The molecular formula is C22H26F3N3O2. The van der Waals surface area contributed by atoms with Crippen LogP contribution in [0.5, 0.6) is 0 Å². The van der Waals surface area contributed by atoms with Gasteiger partial charge >= 0.3 is 6.18 Å². The molecule has 0 aromatic heterocycles. The van der Waals surface area contributed by atoms with Gasteiger partial charge in [0.05, 0.1) is 23.8 Å². The molecule has 0 bridgehead atoms. The first kappa shape index (κ1) is 23.4. The van der Waals surface area contributed by atoms with Gasteiger partial charge in [0.15, 0.2) is 0 Å². The summed E-state index contributed by atoms with van der Waals surface area (Å²) in [6.45, 7) is 4.26. The van der Waals surface area contributed by atoms with Gasteiger partial charge in [-0.25, -0.2) is 0 Å². The fourth-order valence-corrected chi connectivity index (χ4v) is 2.99. The first-order valence-corrected chi connectivity index (χ1v) is 9.62. The Morgan fingerprint density at radius 3 is 2.23 bits per heavy atom. The second-order valence-corrected chi connectivity index (χ2v) is 7.02. The number of carbonyl (C=O) groups excluding carboxylic acids is 2. The number of para-hydroxylation sites is 1. The van der Waals surface area contributed by atoms with Crippen LogP contribution >= 0.6 is 0 Å². The molecule has 8 heteroatoms. The topological polar surface area (TPSA) is 52.7 Å². The van der Waals surface area contributed by atoms with Crippen molar-refractivity contribution in [3.63, 3.8) is 0 Å². The number of hydrogen-bond acceptors (Lipinski definition) is 3. The maximum absolute atomic E-state index is 13.1. The Morgan fingerprint density at radius 2 is 1.63 bits per heavy atom. The monoisotopic (exact) mass is 421 g/mol. The SMILES string of the molecule is CCN(Cc1ccccc1)C(=O)[C@@H](C)N(C)CC(=O)Nc1ccccc1C(F)(F)F. The molecule has 30 heavy (non-hydrogen) atoms. The number of halogens is 3. The Hall–Kier alpha value is -2.87. The molecule has 5 nitrogen and oxygen atoms in total. The van der Waals surface area contributed by atoms with E-state index in [0.29, 0.717) is 13.1 Å². The molecule has 2 rings (SSSR count). The summed E-state index contributed by atoms with van der Waals surface area (Å²) >= 11 is 0. The number of alkyl halides is 3. The molecule has 0 saturated carbocycles. The summed E-state index contributed by atoms with van der Waals surface area (Å²) in [6.07, 6.45) is -4.57. The van der Waals surface area contributed by atoms with Gasteiger partial charge in [-0.3, -0.25) is 14.5 Å². The Morgan fingerprint density at radius 1 is 1.03 bits per heavy atom. The van der Waals surface area contributed by atoms with Crippen LogP contribution in [-0.2, 0) is 22.3 Å². The van der Waals surface area contributed by atoms with Crippen molar-refractivity contribution in [2.45, 2.75) is 32.6 Å². The van der Waals surface area contributed by atoms with Crippen molar-refractivity contribution in [3.05, 3.63) is 65.7 Å². The number of carbonyl (C=O) groups is 2. The molecule has 0 aliphatic carbocycles. The molecule has 0 aliphatic rings. The molecule has 162 valence electrons. The molecule has 1 N–H and O–H groups in total. The van der Waals surface area contributed by atoms with Crippen LogP contribution in [0.1, 0.15) is 25.0 Å². The molecular weight excluding hydrogens is 395 g/mol. The fraction of sp³-hybridized carbons (Fsp3) is 0.364. The third-order valence-corrected chi connectivity index (χ3v) is 4.83. The van der Waals surface area contributed by atoms with E-state index in [1.54, 1.807) is 18.9 Å². The van der Waals surface area contributed by atoms with Gasteiger partial charge in [0, 0.05) is 13.1 Å². The highest BCUT2D eigenvalue weighted by Crippen LogP contribution is 2.34. The number of benzene rings is 2. The van der Waals surface area contributed by atoms with Gasteiger partial charge in [0.1, 0.15) is 0 Å². The molecule has 2 amide bonds. The van der Waals surface area contributed by atoms with E-state index in [4.69, 9.17) is 0 Å². The highest BCUT2D eigenvalue weighted by molar-refractivity contribution is 5.93. The van der Waals surface area contributed by atoms with Gasteiger partial charge in [-0.15, -0.1) is 0 Å². The van der Waals surface area contributed by atoms with E-state index in [2.05, 4.69) is 5.32 Å². The average Bonchev–Trinajstić information content (AvgIpc) is 2.71. The van der Waals surface area contributed by atoms with E-state index < -0.39 is 23.7 Å². The molecule has 0 aliphatic heterocycles. The summed E-state index contributed by atoms with van der Waals surface area (Å²) in [5, 5.41) is 2.30. The number of hydrogen-bond donors (Lipinski definition) is 1. The summed E-state index contributed by atoms with van der Waals surface area (Å²) in [7, 11) is 1.59. The van der Waals surface area contributed by atoms with E-state index in [0.717, 1.165) is 11.6 Å². The van der Waals surface area contributed by atoms with Gasteiger partial charge in [0.25, 0.3) is 0 Å². The molecule has 0 heterocycles. The number of nitrogens with one attached hydrogen (secondary N) is 1. The van der Waals surface area contributed by atoms with Crippen molar-refractivity contribution in [1.29, 1.82) is 0 Å². The molecule has 0 unspecified atom stereocenters. The van der Waals surface area contributed by atoms with Crippen molar-refractivity contribution in [2.24, 2.45) is 0 Å². The van der Waals surface area contributed by atoms with Crippen molar-refractivity contribution < 1.29 is 22.8 Å². The summed E-state index contributed by atoms with van der Waals surface area (Å²) < 4.78 is 39.3. The Balaban J connectivity index is 2.00. The molecule has 0 radical (unpaired) electrons. The zero-order valence-corrected chi connectivity index (χ0v) is 17.2. The van der Waals surface area contributed by atoms with Crippen molar-refractivity contribution >= 4 is 17.5 Å². The van der Waals surface area contributed by atoms with E-state index in [1.807, 2.05) is 37.3 Å². The van der Waals surface area contributed by atoms with Crippen LogP contribution in [0.4, 0.5) is 18.9 Å². The number of anilines is 1. The lowest BCUT2D eigenvalue weighted by molar-refractivity contribution is -0.137. The largest absolute Gasteiger partial charge is 0.418 e. The van der Waals surface area contributed by atoms with Crippen LogP contribution < -0.4 is 5.32 Å². The highest BCUT2D eigenvalue weighted by Gasteiger charge is 2.33. The third-order valence-electron chi connectivity index (χ3n) is 4.83. The summed E-state index contributed by atoms with van der Waals surface area (Å²) in [6, 6.07) is 13.7. The normalized spacial score (nSPS) is 12.5. The van der Waals surface area contributed by atoms with Gasteiger partial charge in [-0.1, -0.05) is 42.5 Å². The van der Waals surface area contributed by atoms with Crippen LogP contribution in [0.2, 0.25) is 0 Å². The third kappa shape index (κ3) is 6.32. The minimum absolute atomic E-state index is 0.160. The number of rotatable bonds is 8. The smallest absolute Gasteiger partial charge is 0.337 e. The average molecular weight is 421 g/mol. The summed E-state index contributed by atoms with van der Waals surface area (Å²) in [4.78, 5) is 28.4. The maximum atomic E-state index is 13.1. The second kappa shape index (κ2) is 10.2.